The minimum atomic E-state index is 0.205. The van der Waals surface area contributed by atoms with E-state index in [0.29, 0.717) is 18.0 Å². The number of hydrogen-bond acceptors (Lipinski definition) is 5. The fourth-order valence-corrected chi connectivity index (χ4v) is 2.73. The van der Waals surface area contributed by atoms with Gasteiger partial charge in [-0.05, 0) is 24.1 Å². The van der Waals surface area contributed by atoms with Crippen LogP contribution in [0.3, 0.4) is 0 Å². The molecule has 0 radical (unpaired) electrons. The summed E-state index contributed by atoms with van der Waals surface area (Å²) >= 11 is 0. The molecule has 0 aliphatic carbocycles. The molecule has 120 valence electrons. The van der Waals surface area contributed by atoms with Gasteiger partial charge in [-0.3, -0.25) is 9.36 Å². The fourth-order valence-electron chi connectivity index (χ4n) is 2.73. The van der Waals surface area contributed by atoms with Gasteiger partial charge in [0.25, 0.3) is 0 Å². The van der Waals surface area contributed by atoms with E-state index in [0.717, 1.165) is 10.9 Å². The largest absolute Gasteiger partial charge is 0.383 e. The fraction of sp³-hybridized carbons (Fsp3) is 0.176. The van der Waals surface area contributed by atoms with E-state index in [1.807, 2.05) is 27.8 Å². The first-order chi connectivity index (χ1) is 11.7. The summed E-state index contributed by atoms with van der Waals surface area (Å²) in [6.07, 6.45) is 7.08. The van der Waals surface area contributed by atoms with E-state index in [9.17, 15) is 0 Å². The zero-order chi connectivity index (χ0) is 16.5. The normalized spacial score (nSPS) is 12.5. The molecule has 0 fully saturated rings. The number of nitrogens with two attached hydrogens (primary N) is 1. The van der Waals surface area contributed by atoms with Crippen LogP contribution in [-0.2, 0) is 6.54 Å². The van der Waals surface area contributed by atoms with Gasteiger partial charge in [0.05, 0.1) is 18.0 Å². The minimum absolute atomic E-state index is 0.205. The van der Waals surface area contributed by atoms with E-state index < -0.39 is 0 Å². The Hall–Kier alpha value is -3.22. The highest BCUT2D eigenvalue weighted by molar-refractivity contribution is 5.84. The van der Waals surface area contributed by atoms with Gasteiger partial charge in [-0.15, -0.1) is 0 Å². The lowest BCUT2D eigenvalue weighted by molar-refractivity contribution is 0.564. The Bertz CT molecular complexity index is 954. The summed E-state index contributed by atoms with van der Waals surface area (Å²) in [6, 6.07) is 10.6. The number of nitrogen functional groups attached to an aromatic ring is 1. The lowest BCUT2D eigenvalue weighted by Gasteiger charge is -2.13. The average Bonchev–Trinajstić information content (AvgIpc) is 3.25. The van der Waals surface area contributed by atoms with Crippen molar-refractivity contribution in [2.45, 2.75) is 19.5 Å². The molecule has 0 amide bonds. The number of rotatable bonds is 4. The second kappa shape index (κ2) is 5.77. The van der Waals surface area contributed by atoms with Crippen molar-refractivity contribution < 1.29 is 0 Å². The maximum Gasteiger partial charge on any atom is 0.186 e. The summed E-state index contributed by atoms with van der Waals surface area (Å²) < 4.78 is 3.78. The smallest absolute Gasteiger partial charge is 0.186 e. The number of fused-ring (bicyclic) bond motifs is 1. The highest BCUT2D eigenvalue weighted by atomic mass is 15.3. The summed E-state index contributed by atoms with van der Waals surface area (Å²) in [5.74, 6) is 0.453. The lowest BCUT2D eigenvalue weighted by Crippen LogP contribution is -2.07. The van der Waals surface area contributed by atoms with Crippen molar-refractivity contribution in [3.8, 4) is 0 Å². The van der Waals surface area contributed by atoms with Gasteiger partial charge in [0.15, 0.2) is 5.65 Å². The van der Waals surface area contributed by atoms with Crippen LogP contribution in [0.4, 0.5) is 5.82 Å². The van der Waals surface area contributed by atoms with Crippen molar-refractivity contribution in [3.63, 3.8) is 0 Å². The van der Waals surface area contributed by atoms with Crippen LogP contribution in [0.2, 0.25) is 0 Å². The Morgan fingerprint density at radius 1 is 1.17 bits per heavy atom. The molecule has 1 unspecified atom stereocenters. The number of aromatic nitrogens is 6. The number of nitrogens with zero attached hydrogens (tertiary/aromatic N) is 6. The molecule has 7 heteroatoms. The van der Waals surface area contributed by atoms with Gasteiger partial charge in [0.2, 0.25) is 0 Å². The van der Waals surface area contributed by atoms with Gasteiger partial charge in [-0.25, -0.2) is 9.97 Å². The standard InChI is InChI=1S/C17H17N7/c1-12(24-8-2-7-21-24)14-5-3-13(4-6-14)9-23-10-15-16(18)19-11-20-17(15)22-23/h2-8,10-12H,9H2,1H3,(H2,18,19,20,22). The van der Waals surface area contributed by atoms with Crippen molar-refractivity contribution in [2.24, 2.45) is 0 Å². The summed E-state index contributed by atoms with van der Waals surface area (Å²) in [4.78, 5) is 8.13. The molecule has 0 aliphatic rings. The second-order valence-corrected chi connectivity index (χ2v) is 5.73. The molecule has 0 aliphatic heterocycles. The zero-order valence-electron chi connectivity index (χ0n) is 13.2. The van der Waals surface area contributed by atoms with Crippen molar-refractivity contribution in [1.29, 1.82) is 0 Å². The maximum absolute atomic E-state index is 5.85. The minimum Gasteiger partial charge on any atom is -0.383 e. The van der Waals surface area contributed by atoms with Crippen LogP contribution in [0, 0.1) is 0 Å². The Balaban J connectivity index is 1.55. The van der Waals surface area contributed by atoms with Crippen LogP contribution >= 0.6 is 0 Å². The number of anilines is 1. The van der Waals surface area contributed by atoms with Crippen LogP contribution in [-0.4, -0.2) is 29.5 Å². The van der Waals surface area contributed by atoms with Gasteiger partial charge < -0.3 is 5.73 Å². The molecule has 0 saturated carbocycles. The van der Waals surface area contributed by atoms with Crippen molar-refractivity contribution in [1.82, 2.24) is 29.5 Å². The van der Waals surface area contributed by atoms with E-state index in [4.69, 9.17) is 5.73 Å². The first-order valence-corrected chi connectivity index (χ1v) is 7.72. The van der Waals surface area contributed by atoms with Crippen LogP contribution in [0.1, 0.15) is 24.1 Å². The van der Waals surface area contributed by atoms with E-state index in [1.165, 1.54) is 11.9 Å². The molecular weight excluding hydrogens is 302 g/mol. The van der Waals surface area contributed by atoms with Crippen LogP contribution in [0.15, 0.2) is 55.2 Å². The number of benzene rings is 1. The monoisotopic (exact) mass is 319 g/mol. The summed E-state index contributed by atoms with van der Waals surface area (Å²) in [6.45, 7) is 2.79. The molecule has 24 heavy (non-hydrogen) atoms. The third-order valence-electron chi connectivity index (χ3n) is 4.12. The number of hydrogen-bond donors (Lipinski definition) is 1. The third-order valence-corrected chi connectivity index (χ3v) is 4.12. The molecule has 4 aromatic rings. The topological polar surface area (TPSA) is 87.4 Å². The van der Waals surface area contributed by atoms with Crippen LogP contribution in [0.5, 0.6) is 0 Å². The zero-order valence-corrected chi connectivity index (χ0v) is 13.2. The van der Waals surface area contributed by atoms with Gasteiger partial charge in [-0.1, -0.05) is 24.3 Å². The Labute approximate surface area is 138 Å². The summed E-state index contributed by atoms with van der Waals surface area (Å²) in [7, 11) is 0. The van der Waals surface area contributed by atoms with Gasteiger partial charge >= 0.3 is 0 Å². The third kappa shape index (κ3) is 2.60. The van der Waals surface area contributed by atoms with Gasteiger partial charge in [0, 0.05) is 18.6 Å². The quantitative estimate of drug-likeness (QED) is 0.623. The molecule has 3 aromatic heterocycles. The molecule has 4 rings (SSSR count). The van der Waals surface area contributed by atoms with E-state index >= 15 is 0 Å². The summed E-state index contributed by atoms with van der Waals surface area (Å²) in [5.41, 5.74) is 8.84. The molecular formula is C17H17N7. The molecule has 3 heterocycles. The Morgan fingerprint density at radius 2 is 2.00 bits per heavy atom. The Kier molecular flexibility index (Phi) is 3.45. The van der Waals surface area contributed by atoms with Crippen LogP contribution in [0.25, 0.3) is 11.0 Å². The van der Waals surface area contributed by atoms with Crippen molar-refractivity contribution in [3.05, 3.63) is 66.4 Å². The van der Waals surface area contributed by atoms with E-state index in [-0.39, 0.29) is 6.04 Å². The maximum atomic E-state index is 5.85. The first-order valence-electron chi connectivity index (χ1n) is 7.72. The SMILES string of the molecule is CC(c1ccc(Cn2cc3c(N)ncnc3n2)cc1)n1cccn1. The molecule has 7 nitrogen and oxygen atoms in total. The van der Waals surface area contributed by atoms with E-state index in [2.05, 4.69) is 51.4 Å². The van der Waals surface area contributed by atoms with Crippen molar-refractivity contribution in [2.75, 3.05) is 5.73 Å². The predicted octanol–water partition coefficient (Wildman–Crippen LogP) is 2.26. The molecule has 0 bridgehead atoms. The Morgan fingerprint density at radius 3 is 2.71 bits per heavy atom. The van der Waals surface area contributed by atoms with Gasteiger partial charge in [-0.2, -0.15) is 10.2 Å². The van der Waals surface area contributed by atoms with E-state index in [1.54, 1.807) is 6.20 Å². The molecule has 1 atom stereocenters. The highest BCUT2D eigenvalue weighted by Gasteiger charge is 2.09. The molecule has 0 saturated heterocycles. The van der Waals surface area contributed by atoms with Gasteiger partial charge in [0.1, 0.15) is 12.1 Å². The predicted molar refractivity (Wildman–Crippen MR) is 91.3 cm³/mol. The molecule has 0 spiro atoms. The first kappa shape index (κ1) is 14.4. The summed E-state index contributed by atoms with van der Waals surface area (Å²) in [5, 5.41) is 9.51. The van der Waals surface area contributed by atoms with Crippen molar-refractivity contribution >= 4 is 16.9 Å². The lowest BCUT2D eigenvalue weighted by atomic mass is 10.1. The average molecular weight is 319 g/mol. The second-order valence-electron chi connectivity index (χ2n) is 5.73. The molecule has 2 N–H and O–H groups in total. The van der Waals surface area contributed by atoms with Crippen LogP contribution < -0.4 is 5.73 Å². The highest BCUT2D eigenvalue weighted by Crippen LogP contribution is 2.19. The molecule has 1 aromatic carbocycles.